The summed E-state index contributed by atoms with van der Waals surface area (Å²) in [5, 5.41) is 0. The van der Waals surface area contributed by atoms with Gasteiger partial charge in [-0.2, -0.15) is 0 Å². The van der Waals surface area contributed by atoms with Gasteiger partial charge in [-0.25, -0.2) is 0 Å². The normalized spacial score (nSPS) is 20.5. The van der Waals surface area contributed by atoms with Gasteiger partial charge in [-0.15, -0.1) is 0 Å². The summed E-state index contributed by atoms with van der Waals surface area (Å²) < 4.78 is 17.0. The average molecular weight is 320 g/mol. The topological polar surface area (TPSA) is 44.8 Å². The van der Waals surface area contributed by atoms with E-state index in [1.54, 1.807) is 7.11 Å². The number of esters is 1. The maximum atomic E-state index is 12.2. The van der Waals surface area contributed by atoms with Crippen molar-refractivity contribution in [3.8, 4) is 11.5 Å². The first-order valence-electron chi connectivity index (χ1n) is 8.04. The lowest BCUT2D eigenvalue weighted by atomic mass is 9.71. The van der Waals surface area contributed by atoms with Crippen LogP contribution >= 0.6 is 0 Å². The van der Waals surface area contributed by atoms with Gasteiger partial charge in [0.2, 0.25) is 0 Å². The number of carbonyl (C=O) groups excluding carboxylic acids is 1. The van der Waals surface area contributed by atoms with E-state index in [2.05, 4.69) is 6.92 Å². The Hall–Kier alpha value is -1.71. The lowest BCUT2D eigenvalue weighted by Gasteiger charge is -2.46. The van der Waals surface area contributed by atoms with Gasteiger partial charge >= 0.3 is 5.97 Å². The predicted octanol–water partition coefficient (Wildman–Crippen LogP) is 3.90. The maximum absolute atomic E-state index is 12.2. The minimum atomic E-state index is -0.729. The molecule has 0 N–H and O–H groups in total. The fraction of sp³-hybridized carbons (Fsp3) is 0.632. The van der Waals surface area contributed by atoms with E-state index in [1.807, 2.05) is 34.6 Å². The smallest absolute Gasteiger partial charge is 0.315 e. The second-order valence-corrected chi connectivity index (χ2v) is 7.17. The number of carbonyl (C=O) groups is 1. The van der Waals surface area contributed by atoms with E-state index >= 15 is 0 Å². The van der Waals surface area contributed by atoms with Gasteiger partial charge in [0, 0.05) is 5.56 Å². The Morgan fingerprint density at radius 1 is 1.13 bits per heavy atom. The summed E-state index contributed by atoms with van der Waals surface area (Å²) in [5.74, 6) is 1.58. The van der Waals surface area contributed by atoms with Crippen molar-refractivity contribution in [2.24, 2.45) is 5.41 Å². The number of hydrogen-bond acceptors (Lipinski definition) is 4. The van der Waals surface area contributed by atoms with Crippen LogP contribution in [-0.4, -0.2) is 25.8 Å². The highest BCUT2D eigenvalue weighted by molar-refractivity contribution is 5.77. The summed E-state index contributed by atoms with van der Waals surface area (Å²) in [6.07, 6.45) is 1.62. The van der Waals surface area contributed by atoms with Gasteiger partial charge in [-0.05, 0) is 71.1 Å². The van der Waals surface area contributed by atoms with Gasteiger partial charge in [0.25, 0.3) is 0 Å². The van der Waals surface area contributed by atoms with E-state index in [-0.39, 0.29) is 5.97 Å². The van der Waals surface area contributed by atoms with Crippen LogP contribution in [0.3, 0.4) is 0 Å². The Labute approximate surface area is 139 Å². The predicted molar refractivity (Wildman–Crippen MR) is 90.4 cm³/mol. The molecule has 1 aliphatic heterocycles. The molecule has 4 nitrogen and oxygen atoms in total. The number of fused-ring (bicyclic) bond motifs is 1. The molecule has 2 rings (SSSR count). The number of hydrogen-bond donors (Lipinski definition) is 0. The molecule has 1 unspecified atom stereocenters. The second kappa shape index (κ2) is 5.73. The van der Waals surface area contributed by atoms with Crippen molar-refractivity contribution in [2.45, 2.75) is 60.0 Å². The zero-order valence-corrected chi connectivity index (χ0v) is 15.5. The number of benzene rings is 1. The Bertz CT molecular complexity index is 646. The molecule has 0 saturated carbocycles. The molecule has 0 aromatic heterocycles. The molecular formula is C19H28O4. The van der Waals surface area contributed by atoms with Crippen molar-refractivity contribution >= 4 is 5.97 Å². The summed E-state index contributed by atoms with van der Waals surface area (Å²) in [7, 11) is 3.13. The number of methoxy groups -OCH3 is 2. The van der Waals surface area contributed by atoms with Crippen molar-refractivity contribution in [2.75, 3.05) is 14.2 Å². The summed E-state index contributed by atoms with van der Waals surface area (Å²) in [4.78, 5) is 12.2. The van der Waals surface area contributed by atoms with E-state index < -0.39 is 11.0 Å². The van der Waals surface area contributed by atoms with Crippen LogP contribution in [0.2, 0.25) is 0 Å². The van der Waals surface area contributed by atoms with Crippen molar-refractivity contribution < 1.29 is 19.0 Å². The SMILES string of the molecule is COC(=O)C(C)(C)C1(C)CCc2c(C)c(OC)c(C)c(C)c2O1. The summed E-state index contributed by atoms with van der Waals surface area (Å²) >= 11 is 0. The second-order valence-electron chi connectivity index (χ2n) is 7.17. The molecule has 1 aliphatic rings. The van der Waals surface area contributed by atoms with E-state index in [4.69, 9.17) is 14.2 Å². The van der Waals surface area contributed by atoms with Crippen molar-refractivity contribution in [3.05, 3.63) is 22.3 Å². The molecule has 0 saturated heterocycles. The van der Waals surface area contributed by atoms with E-state index in [0.717, 1.165) is 41.0 Å². The van der Waals surface area contributed by atoms with Crippen LogP contribution in [0.25, 0.3) is 0 Å². The van der Waals surface area contributed by atoms with Gasteiger partial charge in [0.05, 0.1) is 14.2 Å². The molecule has 0 radical (unpaired) electrons. The van der Waals surface area contributed by atoms with Gasteiger partial charge in [-0.1, -0.05) is 0 Å². The highest BCUT2D eigenvalue weighted by Gasteiger charge is 2.51. The standard InChI is InChI=1S/C19H28O4/c1-11-12(2)16-14(13(3)15(11)21-7)9-10-19(6,23-16)18(4,5)17(20)22-8/h9-10H2,1-8H3. The summed E-state index contributed by atoms with van der Waals surface area (Å²) in [5.41, 5.74) is 3.14. The summed E-state index contributed by atoms with van der Waals surface area (Å²) in [6.45, 7) is 11.9. The van der Waals surface area contributed by atoms with E-state index in [9.17, 15) is 4.79 Å². The molecular weight excluding hydrogens is 292 g/mol. The molecule has 128 valence electrons. The Balaban J connectivity index is 2.56. The van der Waals surface area contributed by atoms with Gasteiger partial charge in [-0.3, -0.25) is 4.79 Å². The van der Waals surface area contributed by atoms with Crippen LogP contribution in [0.4, 0.5) is 0 Å². The van der Waals surface area contributed by atoms with Crippen molar-refractivity contribution in [1.29, 1.82) is 0 Å². The molecule has 1 aromatic rings. The molecule has 0 amide bonds. The molecule has 1 heterocycles. The quantitative estimate of drug-likeness (QED) is 0.792. The molecule has 0 aliphatic carbocycles. The monoisotopic (exact) mass is 320 g/mol. The maximum Gasteiger partial charge on any atom is 0.315 e. The summed E-state index contributed by atoms with van der Waals surface area (Å²) in [6, 6.07) is 0. The fourth-order valence-corrected chi connectivity index (χ4v) is 3.45. The van der Waals surface area contributed by atoms with Crippen LogP contribution in [0.1, 0.15) is 49.4 Å². The third-order valence-electron chi connectivity index (χ3n) is 5.71. The van der Waals surface area contributed by atoms with Crippen molar-refractivity contribution in [1.82, 2.24) is 0 Å². The zero-order valence-electron chi connectivity index (χ0n) is 15.5. The Kier molecular flexibility index (Phi) is 4.40. The first-order valence-corrected chi connectivity index (χ1v) is 8.04. The van der Waals surface area contributed by atoms with Gasteiger partial charge in [0.15, 0.2) is 0 Å². The van der Waals surface area contributed by atoms with Crippen molar-refractivity contribution in [3.63, 3.8) is 0 Å². The number of ether oxygens (including phenoxy) is 3. The highest BCUT2D eigenvalue weighted by Crippen LogP contribution is 2.48. The van der Waals surface area contributed by atoms with Crippen LogP contribution < -0.4 is 9.47 Å². The van der Waals surface area contributed by atoms with Crippen LogP contribution in [0.5, 0.6) is 11.5 Å². The van der Waals surface area contributed by atoms with Crippen LogP contribution in [0, 0.1) is 26.2 Å². The first-order chi connectivity index (χ1) is 10.6. The van der Waals surface area contributed by atoms with Crippen LogP contribution in [-0.2, 0) is 16.0 Å². The van der Waals surface area contributed by atoms with E-state index in [0.29, 0.717) is 0 Å². The molecule has 0 bridgehead atoms. The Morgan fingerprint density at radius 3 is 2.26 bits per heavy atom. The van der Waals surface area contributed by atoms with Gasteiger partial charge in [0.1, 0.15) is 22.5 Å². The molecule has 1 atom stereocenters. The van der Waals surface area contributed by atoms with Crippen LogP contribution in [0.15, 0.2) is 0 Å². The minimum absolute atomic E-state index is 0.247. The Morgan fingerprint density at radius 2 is 1.74 bits per heavy atom. The number of rotatable bonds is 3. The molecule has 1 aromatic carbocycles. The largest absolute Gasteiger partial charge is 0.496 e. The molecule has 4 heteroatoms. The van der Waals surface area contributed by atoms with Gasteiger partial charge < -0.3 is 14.2 Å². The lowest BCUT2D eigenvalue weighted by molar-refractivity contribution is -0.165. The lowest BCUT2D eigenvalue weighted by Crippen LogP contribution is -2.54. The highest BCUT2D eigenvalue weighted by atomic mass is 16.5. The average Bonchev–Trinajstić information content (AvgIpc) is 2.52. The molecule has 0 spiro atoms. The fourth-order valence-electron chi connectivity index (χ4n) is 3.45. The molecule has 23 heavy (non-hydrogen) atoms. The minimum Gasteiger partial charge on any atom is -0.496 e. The molecule has 0 fully saturated rings. The third kappa shape index (κ3) is 2.48. The third-order valence-corrected chi connectivity index (χ3v) is 5.71. The first kappa shape index (κ1) is 17.6. The zero-order chi connectivity index (χ0) is 17.6. The van der Waals surface area contributed by atoms with E-state index in [1.165, 1.54) is 12.7 Å².